The van der Waals surface area contributed by atoms with E-state index in [-0.39, 0.29) is 5.91 Å². The van der Waals surface area contributed by atoms with E-state index in [1.807, 2.05) is 41.3 Å². The Bertz CT molecular complexity index is 757. The Hall–Kier alpha value is -2.46. The largest absolute Gasteiger partial charge is 0.351 e. The van der Waals surface area contributed by atoms with Crippen molar-refractivity contribution in [2.45, 2.75) is 43.9 Å². The highest BCUT2D eigenvalue weighted by Crippen LogP contribution is 2.35. The molecule has 1 heterocycles. The molecule has 3 rings (SSSR count). The minimum absolute atomic E-state index is 0.294. The summed E-state index contributed by atoms with van der Waals surface area (Å²) in [5, 5.41) is 2.96. The first-order valence-electron chi connectivity index (χ1n) is 10.1. The molecule has 1 amide bonds. The molecule has 3 nitrogen and oxygen atoms in total. The van der Waals surface area contributed by atoms with Crippen molar-refractivity contribution < 1.29 is 9.18 Å². The summed E-state index contributed by atoms with van der Waals surface area (Å²) in [7, 11) is 0. The average Bonchev–Trinajstić information content (AvgIpc) is 3.03. The third-order valence-electron chi connectivity index (χ3n) is 5.47. The summed E-state index contributed by atoms with van der Waals surface area (Å²) >= 11 is 0. The highest BCUT2D eigenvalue weighted by Gasteiger charge is 2.46. The molecule has 2 atom stereocenters. The second kappa shape index (κ2) is 9.65. The second-order valence-electron chi connectivity index (χ2n) is 7.39. The molecule has 148 valence electrons. The first-order valence-corrected chi connectivity index (χ1v) is 10.1. The molecule has 0 radical (unpaired) electrons. The van der Waals surface area contributed by atoms with Crippen LogP contribution in [0.4, 0.5) is 4.39 Å². The Labute approximate surface area is 167 Å². The lowest BCUT2D eigenvalue weighted by Gasteiger charge is -2.38. The fraction of sp³-hybridized carbons (Fsp3) is 0.375. The molecule has 0 saturated carbocycles. The molecule has 1 aliphatic heterocycles. The van der Waals surface area contributed by atoms with Crippen LogP contribution in [0.15, 0.2) is 73.3 Å². The second-order valence-corrected chi connectivity index (χ2v) is 7.39. The van der Waals surface area contributed by atoms with Gasteiger partial charge in [0.15, 0.2) is 5.67 Å². The molecule has 28 heavy (non-hydrogen) atoms. The van der Waals surface area contributed by atoms with Crippen LogP contribution < -0.4 is 5.32 Å². The number of halogens is 1. The van der Waals surface area contributed by atoms with Crippen LogP contribution in [-0.2, 0) is 17.0 Å². The number of amides is 1. The molecule has 4 heteroatoms. The van der Waals surface area contributed by atoms with Crippen LogP contribution in [0, 0.1) is 0 Å². The van der Waals surface area contributed by atoms with E-state index in [4.69, 9.17) is 0 Å². The number of nitrogens with one attached hydrogen (secondary N) is 1. The topological polar surface area (TPSA) is 32.3 Å². The van der Waals surface area contributed by atoms with Crippen LogP contribution in [0.25, 0.3) is 0 Å². The van der Waals surface area contributed by atoms with Crippen LogP contribution in [0.3, 0.4) is 0 Å². The summed E-state index contributed by atoms with van der Waals surface area (Å²) in [6.07, 6.45) is 5.48. The van der Waals surface area contributed by atoms with Gasteiger partial charge in [-0.05, 0) is 43.1 Å². The maximum Gasteiger partial charge on any atom is 0.241 e. The van der Waals surface area contributed by atoms with E-state index in [1.165, 1.54) is 6.08 Å². The molecule has 2 aromatic rings. The molecule has 0 aliphatic carbocycles. The summed E-state index contributed by atoms with van der Waals surface area (Å²) in [5.74, 6) is -0.294. The molecule has 1 N–H and O–H groups in total. The fourth-order valence-electron chi connectivity index (χ4n) is 3.94. The first-order chi connectivity index (χ1) is 13.6. The Morgan fingerprint density at radius 3 is 2.18 bits per heavy atom. The van der Waals surface area contributed by atoms with Crippen molar-refractivity contribution in [2.24, 2.45) is 0 Å². The van der Waals surface area contributed by atoms with Gasteiger partial charge in [0.2, 0.25) is 5.91 Å². The minimum Gasteiger partial charge on any atom is -0.351 e. The molecular weight excluding hydrogens is 351 g/mol. The molecular formula is C24H29FN2O. The van der Waals surface area contributed by atoms with Gasteiger partial charge in [-0.15, -0.1) is 0 Å². The van der Waals surface area contributed by atoms with Crippen molar-refractivity contribution >= 4 is 5.91 Å². The van der Waals surface area contributed by atoms with E-state index >= 15 is 4.39 Å². The lowest BCUT2D eigenvalue weighted by atomic mass is 9.86. The lowest BCUT2D eigenvalue weighted by Crippen LogP contribution is -2.56. The summed E-state index contributed by atoms with van der Waals surface area (Å²) in [6, 6.07) is 17.7. The van der Waals surface area contributed by atoms with Gasteiger partial charge < -0.3 is 5.32 Å². The van der Waals surface area contributed by atoms with Crippen LogP contribution >= 0.6 is 0 Å². The predicted octanol–water partition coefficient (Wildman–Crippen LogP) is 4.60. The summed E-state index contributed by atoms with van der Waals surface area (Å²) in [4.78, 5) is 15.3. The Balaban J connectivity index is 1.89. The highest BCUT2D eigenvalue weighted by molar-refractivity contribution is 5.84. The molecule has 0 spiro atoms. The Morgan fingerprint density at radius 1 is 1.04 bits per heavy atom. The third-order valence-corrected chi connectivity index (χ3v) is 5.47. The maximum absolute atomic E-state index is 16.4. The zero-order valence-corrected chi connectivity index (χ0v) is 16.3. The van der Waals surface area contributed by atoms with Crippen molar-refractivity contribution in [1.29, 1.82) is 0 Å². The van der Waals surface area contributed by atoms with Crippen molar-refractivity contribution in [2.75, 3.05) is 13.1 Å². The fourth-order valence-corrected chi connectivity index (χ4v) is 3.94. The van der Waals surface area contributed by atoms with Gasteiger partial charge in [-0.1, -0.05) is 80.1 Å². The van der Waals surface area contributed by atoms with Crippen molar-refractivity contribution in [3.05, 3.63) is 84.4 Å². The molecule has 2 aromatic carbocycles. The molecule has 1 fully saturated rings. The van der Waals surface area contributed by atoms with E-state index in [0.717, 1.165) is 44.3 Å². The standard InChI is InChI=1S/C24H29FN2O/c1-2-24(25,21-15-9-6-10-16-21)22(27-17-11-3-4-12-18-27)23(28)26-19-20-13-7-5-8-14-20/h2,5-10,13-16,22H,1,3-4,11-12,17-19H2,(H,26,28)/t22-,24+/m0/s1. The van der Waals surface area contributed by atoms with Crippen molar-refractivity contribution in [3.63, 3.8) is 0 Å². The zero-order valence-electron chi connectivity index (χ0n) is 16.3. The minimum atomic E-state index is -1.95. The van der Waals surface area contributed by atoms with Crippen molar-refractivity contribution in [3.8, 4) is 0 Å². The van der Waals surface area contributed by atoms with Crippen molar-refractivity contribution in [1.82, 2.24) is 10.2 Å². The smallest absolute Gasteiger partial charge is 0.241 e. The SMILES string of the molecule is C=C[C@@](F)(c1ccccc1)[C@H](C(=O)NCc1ccccc1)N1CCCCCC1. The number of alkyl halides is 1. The highest BCUT2D eigenvalue weighted by atomic mass is 19.1. The zero-order chi connectivity index (χ0) is 19.8. The van der Waals surface area contributed by atoms with Crippen LogP contribution in [0.2, 0.25) is 0 Å². The van der Waals surface area contributed by atoms with E-state index in [9.17, 15) is 4.79 Å². The summed E-state index contributed by atoms with van der Waals surface area (Å²) < 4.78 is 16.4. The number of carbonyl (C=O) groups excluding carboxylic acids is 1. The van der Waals surface area contributed by atoms with Gasteiger partial charge in [-0.2, -0.15) is 0 Å². The van der Waals surface area contributed by atoms with Gasteiger partial charge in [0.25, 0.3) is 0 Å². The van der Waals surface area contributed by atoms with Crippen LogP contribution in [0.1, 0.15) is 36.8 Å². The number of hydrogen-bond donors (Lipinski definition) is 1. The number of rotatable bonds is 7. The van der Waals surface area contributed by atoms with E-state index in [1.54, 1.807) is 24.3 Å². The third kappa shape index (κ3) is 4.68. The molecule has 1 aliphatic rings. The van der Waals surface area contributed by atoms with Crippen LogP contribution in [0.5, 0.6) is 0 Å². The number of likely N-dealkylation sites (tertiary alicyclic amines) is 1. The van der Waals surface area contributed by atoms with Gasteiger partial charge in [-0.25, -0.2) is 4.39 Å². The van der Waals surface area contributed by atoms with Crippen LogP contribution in [-0.4, -0.2) is 29.9 Å². The lowest BCUT2D eigenvalue weighted by molar-refractivity contribution is -0.131. The van der Waals surface area contributed by atoms with Gasteiger partial charge >= 0.3 is 0 Å². The summed E-state index contributed by atoms with van der Waals surface area (Å²) in [5.41, 5.74) is -0.492. The number of nitrogens with zero attached hydrogens (tertiary/aromatic N) is 1. The number of hydrogen-bond acceptors (Lipinski definition) is 2. The molecule has 0 bridgehead atoms. The summed E-state index contributed by atoms with van der Waals surface area (Å²) in [6.45, 7) is 5.58. The predicted molar refractivity (Wildman–Crippen MR) is 112 cm³/mol. The molecule has 0 aromatic heterocycles. The van der Waals surface area contributed by atoms with E-state index in [0.29, 0.717) is 12.1 Å². The quantitative estimate of drug-likeness (QED) is 0.712. The molecule has 1 saturated heterocycles. The normalized spacial score (nSPS) is 18.5. The van der Waals surface area contributed by atoms with Gasteiger partial charge in [0.1, 0.15) is 6.04 Å². The number of carbonyl (C=O) groups is 1. The Morgan fingerprint density at radius 2 is 1.61 bits per heavy atom. The van der Waals surface area contributed by atoms with E-state index < -0.39 is 11.7 Å². The van der Waals surface area contributed by atoms with Gasteiger partial charge in [-0.3, -0.25) is 9.69 Å². The van der Waals surface area contributed by atoms with Gasteiger partial charge in [0.05, 0.1) is 0 Å². The first kappa shape index (κ1) is 20.3. The monoisotopic (exact) mass is 380 g/mol. The molecule has 0 unspecified atom stereocenters. The average molecular weight is 381 g/mol. The maximum atomic E-state index is 16.4. The van der Waals surface area contributed by atoms with E-state index in [2.05, 4.69) is 11.9 Å². The Kier molecular flexibility index (Phi) is 6.99. The number of benzene rings is 2. The van der Waals surface area contributed by atoms with Gasteiger partial charge in [0, 0.05) is 6.54 Å².